The second-order valence-electron chi connectivity index (χ2n) is 6.84. The average molecular weight is 388 g/mol. The Balaban J connectivity index is 2.33. The van der Waals surface area contributed by atoms with E-state index in [2.05, 4.69) is 18.0 Å². The van der Waals surface area contributed by atoms with E-state index in [0.717, 1.165) is 47.2 Å². The summed E-state index contributed by atoms with van der Waals surface area (Å²) in [7, 11) is 0. The molecular formula is C24H26N3O2+. The number of phenols is 1. The summed E-state index contributed by atoms with van der Waals surface area (Å²) in [6.45, 7) is 4.44. The number of H-pyrrole nitrogens is 1. The van der Waals surface area contributed by atoms with Crippen molar-refractivity contribution in [2.45, 2.75) is 33.1 Å². The number of nitrogen functional groups attached to an aromatic ring is 1. The molecule has 2 aromatic carbocycles. The van der Waals surface area contributed by atoms with Crippen LogP contribution in [0.15, 0.2) is 48.5 Å². The molecule has 0 bridgehead atoms. The zero-order valence-electron chi connectivity index (χ0n) is 16.8. The van der Waals surface area contributed by atoms with Crippen LogP contribution in [0, 0.1) is 11.3 Å². The monoisotopic (exact) mass is 388 g/mol. The van der Waals surface area contributed by atoms with Crippen LogP contribution in [0.4, 0.5) is 5.82 Å². The minimum atomic E-state index is 0.0722. The summed E-state index contributed by atoms with van der Waals surface area (Å²) in [5.41, 5.74) is 11.2. The van der Waals surface area contributed by atoms with Crippen molar-refractivity contribution in [3.8, 4) is 40.0 Å². The molecule has 0 spiro atoms. The Kier molecular flexibility index (Phi) is 6.36. The Labute approximate surface area is 171 Å². The Morgan fingerprint density at radius 1 is 1.10 bits per heavy atom. The van der Waals surface area contributed by atoms with Crippen LogP contribution in [0.2, 0.25) is 0 Å². The number of pyridine rings is 1. The quantitative estimate of drug-likeness (QED) is 0.611. The van der Waals surface area contributed by atoms with Crippen LogP contribution in [0.1, 0.15) is 37.8 Å². The Morgan fingerprint density at radius 2 is 1.86 bits per heavy atom. The predicted octanol–water partition coefficient (Wildman–Crippen LogP) is 4.74. The van der Waals surface area contributed by atoms with Crippen molar-refractivity contribution in [2.75, 3.05) is 12.3 Å². The number of aromatic hydroxyl groups is 1. The van der Waals surface area contributed by atoms with Crippen LogP contribution < -0.4 is 15.5 Å². The Hall–Kier alpha value is -3.52. The molecule has 0 saturated heterocycles. The van der Waals surface area contributed by atoms with Gasteiger partial charge in [0.2, 0.25) is 0 Å². The third-order valence-electron chi connectivity index (χ3n) is 4.89. The number of ether oxygens (including phenoxy) is 1. The third kappa shape index (κ3) is 4.17. The number of nitrogens with one attached hydrogen (secondary N) is 1. The van der Waals surface area contributed by atoms with Gasteiger partial charge in [0.1, 0.15) is 17.3 Å². The summed E-state index contributed by atoms with van der Waals surface area (Å²) in [4.78, 5) is 3.26. The van der Waals surface area contributed by atoms with E-state index in [-0.39, 0.29) is 5.75 Å². The number of aromatic amines is 1. The van der Waals surface area contributed by atoms with Gasteiger partial charge in [-0.15, -0.1) is 0 Å². The van der Waals surface area contributed by atoms with Gasteiger partial charge in [-0.1, -0.05) is 49.7 Å². The molecule has 148 valence electrons. The highest BCUT2D eigenvalue weighted by molar-refractivity contribution is 5.83. The highest BCUT2D eigenvalue weighted by atomic mass is 16.5. The van der Waals surface area contributed by atoms with Crippen LogP contribution in [0.3, 0.4) is 0 Å². The van der Waals surface area contributed by atoms with Crippen molar-refractivity contribution in [1.29, 1.82) is 5.26 Å². The molecule has 29 heavy (non-hydrogen) atoms. The molecule has 0 radical (unpaired) electrons. The molecule has 0 aliphatic rings. The summed E-state index contributed by atoms with van der Waals surface area (Å²) in [6, 6.07) is 17.4. The second kappa shape index (κ2) is 9.11. The van der Waals surface area contributed by atoms with E-state index < -0.39 is 0 Å². The van der Waals surface area contributed by atoms with Gasteiger partial charge in [0.05, 0.1) is 6.61 Å². The van der Waals surface area contributed by atoms with Gasteiger partial charge in [0, 0.05) is 16.7 Å². The molecule has 0 saturated carbocycles. The summed E-state index contributed by atoms with van der Waals surface area (Å²) >= 11 is 0. The molecule has 5 heteroatoms. The molecule has 0 atom stereocenters. The number of phenolic OH excluding ortho intramolecular Hbond substituents is 1. The summed E-state index contributed by atoms with van der Waals surface area (Å²) in [6.07, 6.45) is 2.80. The van der Waals surface area contributed by atoms with E-state index in [4.69, 9.17) is 10.5 Å². The topological polar surface area (TPSA) is 93.4 Å². The molecule has 3 rings (SSSR count). The molecule has 1 heterocycles. The first kappa shape index (κ1) is 20.2. The normalized spacial score (nSPS) is 10.5. The van der Waals surface area contributed by atoms with E-state index in [1.165, 1.54) is 0 Å². The lowest BCUT2D eigenvalue weighted by atomic mass is 9.89. The summed E-state index contributed by atoms with van der Waals surface area (Å²) in [5, 5.41) is 20.0. The number of anilines is 1. The lowest BCUT2D eigenvalue weighted by Gasteiger charge is -2.16. The van der Waals surface area contributed by atoms with Crippen LogP contribution in [-0.4, -0.2) is 11.7 Å². The van der Waals surface area contributed by atoms with Gasteiger partial charge in [-0.3, -0.25) is 5.73 Å². The van der Waals surface area contributed by atoms with Crippen molar-refractivity contribution in [2.24, 2.45) is 0 Å². The second-order valence-corrected chi connectivity index (χ2v) is 6.84. The first-order chi connectivity index (χ1) is 14.1. The molecule has 3 aromatic rings. The standard InChI is InChI=1S/C24H25N3O2/c1-3-5-11-18-22(17-12-13-20(28)21(14-17)29-4-2)19(15-25)24(26)27-23(18)16-9-7-6-8-10-16/h6-10,12-14,28H,3-5,11H2,1-2H3,(H2,26,27)/p+1. The number of nitrogens with zero attached hydrogens (tertiary/aromatic N) is 1. The van der Waals surface area contributed by atoms with Gasteiger partial charge >= 0.3 is 0 Å². The third-order valence-corrected chi connectivity index (χ3v) is 4.89. The number of hydrogen-bond donors (Lipinski definition) is 2. The molecule has 0 unspecified atom stereocenters. The van der Waals surface area contributed by atoms with Crippen molar-refractivity contribution < 1.29 is 14.8 Å². The van der Waals surface area contributed by atoms with Gasteiger partial charge < -0.3 is 9.84 Å². The molecule has 1 aromatic heterocycles. The number of aromatic nitrogens is 1. The zero-order chi connectivity index (χ0) is 20.8. The van der Waals surface area contributed by atoms with Crippen molar-refractivity contribution in [1.82, 2.24) is 0 Å². The van der Waals surface area contributed by atoms with Crippen LogP contribution >= 0.6 is 0 Å². The van der Waals surface area contributed by atoms with Crippen molar-refractivity contribution in [3.05, 3.63) is 59.7 Å². The SMILES string of the molecule is CCCCc1c(-c2ccccc2)[nH+]c(N)c(C#N)c1-c1ccc(O)c(OCC)c1. The lowest BCUT2D eigenvalue weighted by Crippen LogP contribution is -2.20. The van der Waals surface area contributed by atoms with Gasteiger partial charge in [-0.2, -0.15) is 5.26 Å². The minimum absolute atomic E-state index is 0.0722. The molecular weight excluding hydrogens is 362 g/mol. The minimum Gasteiger partial charge on any atom is -0.504 e. The number of nitriles is 1. The fourth-order valence-electron chi connectivity index (χ4n) is 3.51. The lowest BCUT2D eigenvalue weighted by molar-refractivity contribution is -0.347. The number of nitrogens with two attached hydrogens (primary N) is 1. The Morgan fingerprint density at radius 3 is 2.52 bits per heavy atom. The number of benzene rings is 2. The van der Waals surface area contributed by atoms with E-state index in [9.17, 15) is 10.4 Å². The van der Waals surface area contributed by atoms with E-state index in [1.54, 1.807) is 18.2 Å². The van der Waals surface area contributed by atoms with Gasteiger partial charge in [-0.25, -0.2) is 4.98 Å². The molecule has 5 nitrogen and oxygen atoms in total. The maximum absolute atomic E-state index is 10.1. The smallest absolute Gasteiger partial charge is 0.289 e. The number of unbranched alkanes of at least 4 members (excludes halogenated alkanes) is 1. The molecule has 0 aliphatic carbocycles. The van der Waals surface area contributed by atoms with Crippen LogP contribution in [0.5, 0.6) is 11.5 Å². The first-order valence-corrected chi connectivity index (χ1v) is 9.90. The number of hydrogen-bond acceptors (Lipinski definition) is 4. The van der Waals surface area contributed by atoms with E-state index in [1.807, 2.05) is 37.3 Å². The maximum atomic E-state index is 10.1. The van der Waals surface area contributed by atoms with Crippen molar-refractivity contribution in [3.63, 3.8) is 0 Å². The largest absolute Gasteiger partial charge is 0.504 e. The van der Waals surface area contributed by atoms with Gasteiger partial charge in [0.15, 0.2) is 11.5 Å². The molecule has 0 aliphatic heterocycles. The maximum Gasteiger partial charge on any atom is 0.289 e. The fraction of sp³-hybridized carbons (Fsp3) is 0.250. The summed E-state index contributed by atoms with van der Waals surface area (Å²) < 4.78 is 5.57. The molecule has 0 fully saturated rings. The van der Waals surface area contributed by atoms with Gasteiger partial charge in [0.25, 0.3) is 5.82 Å². The van der Waals surface area contributed by atoms with Crippen LogP contribution in [-0.2, 0) is 6.42 Å². The van der Waals surface area contributed by atoms with Crippen LogP contribution in [0.25, 0.3) is 22.4 Å². The summed E-state index contributed by atoms with van der Waals surface area (Å²) in [5.74, 6) is 0.790. The average Bonchev–Trinajstić information content (AvgIpc) is 2.74. The number of rotatable bonds is 7. The highest BCUT2D eigenvalue weighted by Crippen LogP contribution is 2.39. The highest BCUT2D eigenvalue weighted by Gasteiger charge is 2.24. The van der Waals surface area contributed by atoms with E-state index >= 15 is 0 Å². The predicted molar refractivity (Wildman–Crippen MR) is 114 cm³/mol. The molecule has 4 N–H and O–H groups in total. The van der Waals surface area contributed by atoms with Crippen molar-refractivity contribution >= 4 is 5.82 Å². The Bertz CT molecular complexity index is 1040. The molecule has 0 amide bonds. The zero-order valence-corrected chi connectivity index (χ0v) is 16.8. The first-order valence-electron chi connectivity index (χ1n) is 9.90. The fourth-order valence-corrected chi connectivity index (χ4v) is 3.51. The van der Waals surface area contributed by atoms with Gasteiger partial charge in [-0.05, 0) is 37.5 Å². The van der Waals surface area contributed by atoms with E-state index in [0.29, 0.717) is 23.7 Å².